The highest BCUT2D eigenvalue weighted by molar-refractivity contribution is 6.00. The van der Waals surface area contributed by atoms with Gasteiger partial charge in [-0.15, -0.1) is 0 Å². The number of amides is 2. The Kier molecular flexibility index (Phi) is 5.65. The molecule has 2 saturated heterocycles. The highest BCUT2D eigenvalue weighted by Crippen LogP contribution is 2.26. The standard InChI is InChI=1S/C18H26N4O3/c1-12-10-19-11-13(2)22(12)7-8-25-17-9-14(5-6-20-17)15-3-4-16(23)21-18(15)24/h5-6,9,12-13,15,19H,3-4,7-8,10-11H2,1-2H3,(H,21,23,24)/t12-,13+,15?. The maximum atomic E-state index is 12.0. The number of piperidine rings is 1. The molecule has 1 aromatic heterocycles. The van der Waals surface area contributed by atoms with Crippen molar-refractivity contribution in [3.8, 4) is 5.88 Å². The molecule has 136 valence electrons. The van der Waals surface area contributed by atoms with Gasteiger partial charge in [-0.2, -0.15) is 0 Å². The number of piperazine rings is 1. The molecule has 0 spiro atoms. The van der Waals surface area contributed by atoms with Gasteiger partial charge in [0.15, 0.2) is 0 Å². The van der Waals surface area contributed by atoms with E-state index in [4.69, 9.17) is 4.74 Å². The smallest absolute Gasteiger partial charge is 0.234 e. The number of nitrogens with one attached hydrogen (secondary N) is 2. The van der Waals surface area contributed by atoms with Crippen molar-refractivity contribution in [2.45, 2.75) is 44.7 Å². The molecule has 0 saturated carbocycles. The number of rotatable bonds is 5. The van der Waals surface area contributed by atoms with Crippen molar-refractivity contribution in [3.05, 3.63) is 23.9 Å². The Hall–Kier alpha value is -1.99. The number of hydrogen-bond acceptors (Lipinski definition) is 6. The molecule has 1 unspecified atom stereocenters. The topological polar surface area (TPSA) is 83.6 Å². The summed E-state index contributed by atoms with van der Waals surface area (Å²) in [5.41, 5.74) is 0.846. The number of hydrogen-bond donors (Lipinski definition) is 2. The lowest BCUT2D eigenvalue weighted by Gasteiger charge is -2.39. The van der Waals surface area contributed by atoms with E-state index in [9.17, 15) is 9.59 Å². The van der Waals surface area contributed by atoms with E-state index >= 15 is 0 Å². The fourth-order valence-electron chi connectivity index (χ4n) is 3.60. The first-order valence-corrected chi connectivity index (χ1v) is 8.93. The van der Waals surface area contributed by atoms with E-state index in [-0.39, 0.29) is 17.7 Å². The molecule has 1 aromatic rings. The predicted octanol–water partition coefficient (Wildman–Crippen LogP) is 0.663. The van der Waals surface area contributed by atoms with Crippen molar-refractivity contribution in [1.82, 2.24) is 20.5 Å². The normalized spacial score (nSPS) is 27.8. The van der Waals surface area contributed by atoms with Crippen LogP contribution < -0.4 is 15.4 Å². The summed E-state index contributed by atoms with van der Waals surface area (Å²) in [4.78, 5) is 30.0. The quantitative estimate of drug-likeness (QED) is 0.762. The summed E-state index contributed by atoms with van der Waals surface area (Å²) in [5.74, 6) is -0.225. The van der Waals surface area contributed by atoms with E-state index in [2.05, 4.69) is 34.4 Å². The Morgan fingerprint density at radius 2 is 2.04 bits per heavy atom. The van der Waals surface area contributed by atoms with Crippen LogP contribution in [0.5, 0.6) is 5.88 Å². The molecule has 2 aliphatic rings. The first-order chi connectivity index (χ1) is 12.0. The molecule has 7 heteroatoms. The maximum Gasteiger partial charge on any atom is 0.234 e. The minimum Gasteiger partial charge on any atom is -0.476 e. The number of aromatic nitrogens is 1. The third kappa shape index (κ3) is 4.35. The molecule has 0 aliphatic carbocycles. The number of nitrogens with zero attached hydrogens (tertiary/aromatic N) is 2. The van der Waals surface area contributed by atoms with Crippen LogP contribution in [0.15, 0.2) is 18.3 Å². The predicted molar refractivity (Wildman–Crippen MR) is 93.4 cm³/mol. The average molecular weight is 346 g/mol. The van der Waals surface area contributed by atoms with Crippen LogP contribution >= 0.6 is 0 Å². The van der Waals surface area contributed by atoms with Gasteiger partial charge >= 0.3 is 0 Å². The second-order valence-corrected chi connectivity index (χ2v) is 6.87. The van der Waals surface area contributed by atoms with E-state index < -0.39 is 0 Å². The molecule has 2 fully saturated rings. The van der Waals surface area contributed by atoms with Gasteiger partial charge in [0.1, 0.15) is 6.61 Å². The van der Waals surface area contributed by atoms with Gasteiger partial charge in [-0.1, -0.05) is 0 Å². The minimum absolute atomic E-state index is 0.203. The van der Waals surface area contributed by atoms with E-state index in [1.807, 2.05) is 12.1 Å². The number of carbonyl (C=O) groups is 2. The zero-order chi connectivity index (χ0) is 17.8. The summed E-state index contributed by atoms with van der Waals surface area (Å²) < 4.78 is 5.82. The second-order valence-electron chi connectivity index (χ2n) is 6.87. The Morgan fingerprint density at radius 3 is 2.76 bits per heavy atom. The zero-order valence-electron chi connectivity index (χ0n) is 14.8. The van der Waals surface area contributed by atoms with Crippen LogP contribution in [-0.2, 0) is 9.59 Å². The first-order valence-electron chi connectivity index (χ1n) is 8.93. The van der Waals surface area contributed by atoms with Crippen LogP contribution in [0.4, 0.5) is 0 Å². The lowest BCUT2D eigenvalue weighted by Crippen LogP contribution is -2.55. The number of pyridine rings is 1. The molecular weight excluding hydrogens is 320 g/mol. The highest BCUT2D eigenvalue weighted by Gasteiger charge is 2.28. The van der Waals surface area contributed by atoms with Gasteiger partial charge in [0.2, 0.25) is 17.7 Å². The van der Waals surface area contributed by atoms with Gasteiger partial charge in [-0.3, -0.25) is 19.8 Å². The van der Waals surface area contributed by atoms with E-state index in [0.29, 0.717) is 37.4 Å². The molecule has 0 bridgehead atoms. The fraction of sp³-hybridized carbons (Fsp3) is 0.611. The molecule has 0 radical (unpaired) electrons. The van der Waals surface area contributed by atoms with Crippen LogP contribution in [0.2, 0.25) is 0 Å². The summed E-state index contributed by atoms with van der Waals surface area (Å²) in [6.45, 7) is 7.81. The van der Waals surface area contributed by atoms with Gasteiger partial charge in [0.25, 0.3) is 0 Å². The second kappa shape index (κ2) is 7.93. The van der Waals surface area contributed by atoms with Gasteiger partial charge < -0.3 is 10.1 Å². The molecule has 3 rings (SSSR count). The Balaban J connectivity index is 1.57. The molecule has 25 heavy (non-hydrogen) atoms. The molecule has 2 amide bonds. The average Bonchev–Trinajstić information content (AvgIpc) is 2.58. The van der Waals surface area contributed by atoms with Crippen molar-refractivity contribution in [3.63, 3.8) is 0 Å². The molecule has 2 N–H and O–H groups in total. The Morgan fingerprint density at radius 1 is 1.28 bits per heavy atom. The summed E-state index contributed by atoms with van der Waals surface area (Å²) >= 11 is 0. The van der Waals surface area contributed by atoms with Gasteiger partial charge in [0, 0.05) is 50.4 Å². The molecule has 3 heterocycles. The van der Waals surface area contributed by atoms with Crippen molar-refractivity contribution in [1.29, 1.82) is 0 Å². The molecule has 0 aromatic carbocycles. The van der Waals surface area contributed by atoms with Crippen molar-refractivity contribution < 1.29 is 14.3 Å². The molecular formula is C18H26N4O3. The van der Waals surface area contributed by atoms with E-state index in [1.165, 1.54) is 0 Å². The van der Waals surface area contributed by atoms with Crippen molar-refractivity contribution >= 4 is 11.8 Å². The fourth-order valence-corrected chi connectivity index (χ4v) is 3.60. The summed E-state index contributed by atoms with van der Waals surface area (Å²) in [7, 11) is 0. The monoisotopic (exact) mass is 346 g/mol. The van der Waals surface area contributed by atoms with Gasteiger partial charge in [0.05, 0.1) is 5.92 Å². The third-order valence-electron chi connectivity index (χ3n) is 5.01. The molecule has 7 nitrogen and oxygen atoms in total. The lowest BCUT2D eigenvalue weighted by atomic mass is 9.91. The largest absolute Gasteiger partial charge is 0.476 e. The zero-order valence-corrected chi connectivity index (χ0v) is 14.8. The highest BCUT2D eigenvalue weighted by atomic mass is 16.5. The minimum atomic E-state index is -0.309. The molecule has 3 atom stereocenters. The van der Waals surface area contributed by atoms with Gasteiger partial charge in [-0.05, 0) is 31.9 Å². The number of ether oxygens (including phenoxy) is 1. The lowest BCUT2D eigenvalue weighted by molar-refractivity contribution is -0.134. The third-order valence-corrected chi connectivity index (χ3v) is 5.01. The molecule has 2 aliphatic heterocycles. The Labute approximate surface area is 148 Å². The van der Waals surface area contributed by atoms with Crippen LogP contribution in [-0.4, -0.2) is 60.0 Å². The van der Waals surface area contributed by atoms with Crippen LogP contribution in [0, 0.1) is 0 Å². The van der Waals surface area contributed by atoms with E-state index in [0.717, 1.165) is 25.2 Å². The van der Waals surface area contributed by atoms with Crippen molar-refractivity contribution in [2.24, 2.45) is 0 Å². The van der Waals surface area contributed by atoms with Crippen molar-refractivity contribution in [2.75, 3.05) is 26.2 Å². The van der Waals surface area contributed by atoms with Gasteiger partial charge in [-0.25, -0.2) is 4.98 Å². The van der Waals surface area contributed by atoms with E-state index in [1.54, 1.807) is 6.20 Å². The SMILES string of the molecule is C[C@@H]1CNC[C@H](C)N1CCOc1cc(C2CCC(=O)NC2=O)ccn1. The number of carbonyl (C=O) groups excluding carboxylic acids is 2. The van der Waals surface area contributed by atoms with Crippen LogP contribution in [0.25, 0.3) is 0 Å². The maximum absolute atomic E-state index is 12.0. The van der Waals surface area contributed by atoms with Crippen LogP contribution in [0.3, 0.4) is 0 Å². The summed E-state index contributed by atoms with van der Waals surface area (Å²) in [6, 6.07) is 4.59. The van der Waals surface area contributed by atoms with Crippen LogP contribution in [0.1, 0.15) is 38.2 Å². The Bertz CT molecular complexity index is 627. The number of imide groups is 1. The summed E-state index contributed by atoms with van der Waals surface area (Å²) in [6.07, 6.45) is 2.56. The summed E-state index contributed by atoms with van der Waals surface area (Å²) in [5, 5.41) is 5.81. The first kappa shape index (κ1) is 17.8.